The van der Waals surface area contributed by atoms with Gasteiger partial charge < -0.3 is 5.32 Å². The zero-order chi connectivity index (χ0) is 10.7. The van der Waals surface area contributed by atoms with Crippen molar-refractivity contribution < 1.29 is 4.39 Å². The third-order valence-electron chi connectivity index (χ3n) is 1.83. The van der Waals surface area contributed by atoms with E-state index < -0.39 is 0 Å². The van der Waals surface area contributed by atoms with Crippen molar-refractivity contribution in [2.24, 2.45) is 0 Å². The van der Waals surface area contributed by atoms with Crippen molar-refractivity contribution in [1.82, 2.24) is 4.98 Å². The second-order valence-electron chi connectivity index (χ2n) is 2.89. The molecule has 15 heavy (non-hydrogen) atoms. The van der Waals surface area contributed by atoms with E-state index in [0.717, 1.165) is 5.01 Å². The second-order valence-corrected chi connectivity index (χ2v) is 4.64. The number of hydrogen-bond acceptors (Lipinski definition) is 3. The highest BCUT2D eigenvalue weighted by Crippen LogP contribution is 2.20. The van der Waals surface area contributed by atoms with E-state index in [1.807, 2.05) is 0 Å². The van der Waals surface area contributed by atoms with Crippen molar-refractivity contribution in [3.8, 4) is 0 Å². The maximum Gasteiger partial charge on any atom is 0.146 e. The molecule has 0 radical (unpaired) electrons. The summed E-state index contributed by atoms with van der Waals surface area (Å²) in [6.45, 7) is 0.484. The molecule has 0 amide bonds. The molecule has 0 spiro atoms. The number of benzene rings is 1. The molecule has 1 N–H and O–H groups in total. The molecule has 0 saturated carbocycles. The third-order valence-corrected chi connectivity index (χ3v) is 2.94. The lowest BCUT2D eigenvalue weighted by Gasteiger charge is -2.04. The monoisotopic (exact) mass is 242 g/mol. The summed E-state index contributed by atoms with van der Waals surface area (Å²) in [5, 5.41) is 3.79. The minimum atomic E-state index is -0.264. The van der Waals surface area contributed by atoms with Gasteiger partial charge in [-0.2, -0.15) is 0 Å². The van der Waals surface area contributed by atoms with Crippen molar-refractivity contribution >= 4 is 28.6 Å². The summed E-state index contributed by atoms with van der Waals surface area (Å²) in [4.78, 5) is 4.06. The highest BCUT2D eigenvalue weighted by molar-refractivity contribution is 7.15. The van der Waals surface area contributed by atoms with Crippen LogP contribution in [0.2, 0.25) is 4.34 Å². The summed E-state index contributed by atoms with van der Waals surface area (Å²) in [6.07, 6.45) is 1.59. The van der Waals surface area contributed by atoms with Crippen LogP contribution in [0.15, 0.2) is 30.5 Å². The number of hydrogen-bond donors (Lipinski definition) is 1. The molecule has 1 heterocycles. The van der Waals surface area contributed by atoms with Crippen molar-refractivity contribution in [2.75, 3.05) is 5.32 Å². The van der Waals surface area contributed by atoms with Crippen molar-refractivity contribution in [3.63, 3.8) is 0 Å². The normalized spacial score (nSPS) is 10.3. The molecule has 1 aromatic carbocycles. The first-order valence-corrected chi connectivity index (χ1v) is 5.54. The van der Waals surface area contributed by atoms with E-state index in [2.05, 4.69) is 10.3 Å². The Hall–Kier alpha value is -1.13. The first kappa shape index (κ1) is 10.4. The van der Waals surface area contributed by atoms with E-state index in [4.69, 9.17) is 11.6 Å². The number of aromatic nitrogens is 1. The SMILES string of the molecule is Fc1ccccc1NCc1ncc(Cl)s1. The van der Waals surface area contributed by atoms with Crippen LogP contribution in [0.4, 0.5) is 10.1 Å². The third kappa shape index (κ3) is 2.67. The molecule has 0 unspecified atom stereocenters. The van der Waals surface area contributed by atoms with Gasteiger partial charge in [-0.05, 0) is 12.1 Å². The predicted molar refractivity (Wildman–Crippen MR) is 60.9 cm³/mol. The van der Waals surface area contributed by atoms with Crippen LogP contribution >= 0.6 is 22.9 Å². The predicted octanol–water partition coefficient (Wildman–Crippen LogP) is 3.55. The van der Waals surface area contributed by atoms with Crippen LogP contribution in [-0.2, 0) is 6.54 Å². The average molecular weight is 243 g/mol. The second kappa shape index (κ2) is 4.59. The van der Waals surface area contributed by atoms with Crippen LogP contribution in [0.5, 0.6) is 0 Å². The number of thiazole rings is 1. The molecular weight excluding hydrogens is 235 g/mol. The number of para-hydroxylation sites is 1. The molecule has 0 aliphatic carbocycles. The Balaban J connectivity index is 2.02. The van der Waals surface area contributed by atoms with Crippen LogP contribution in [0.3, 0.4) is 0 Å². The van der Waals surface area contributed by atoms with Crippen LogP contribution in [-0.4, -0.2) is 4.98 Å². The van der Waals surface area contributed by atoms with Gasteiger partial charge in [-0.1, -0.05) is 23.7 Å². The molecule has 78 valence electrons. The van der Waals surface area contributed by atoms with Crippen LogP contribution in [0.25, 0.3) is 0 Å². The molecule has 0 bridgehead atoms. The van der Waals surface area contributed by atoms with E-state index in [-0.39, 0.29) is 5.82 Å². The number of nitrogens with one attached hydrogen (secondary N) is 1. The Morgan fingerprint density at radius 3 is 2.87 bits per heavy atom. The lowest BCUT2D eigenvalue weighted by atomic mass is 10.3. The molecule has 2 rings (SSSR count). The van der Waals surface area contributed by atoms with E-state index in [1.54, 1.807) is 24.4 Å². The van der Waals surface area contributed by atoms with Gasteiger partial charge in [0.2, 0.25) is 0 Å². The van der Waals surface area contributed by atoms with Crippen molar-refractivity contribution in [2.45, 2.75) is 6.54 Å². The fraction of sp³-hybridized carbons (Fsp3) is 0.100. The largest absolute Gasteiger partial charge is 0.376 e. The zero-order valence-electron chi connectivity index (χ0n) is 7.71. The standard InChI is InChI=1S/C10H8ClFN2S/c11-9-5-14-10(15-9)6-13-8-4-2-1-3-7(8)12/h1-5,13H,6H2. The Morgan fingerprint density at radius 2 is 2.20 bits per heavy atom. The zero-order valence-corrected chi connectivity index (χ0v) is 9.28. The topological polar surface area (TPSA) is 24.9 Å². The number of anilines is 1. The van der Waals surface area contributed by atoms with Gasteiger partial charge in [0, 0.05) is 0 Å². The molecule has 0 fully saturated rings. The summed E-state index contributed by atoms with van der Waals surface area (Å²) >= 11 is 7.11. The molecule has 0 saturated heterocycles. The molecule has 0 atom stereocenters. The highest BCUT2D eigenvalue weighted by Gasteiger charge is 2.02. The van der Waals surface area contributed by atoms with Gasteiger partial charge in [0.1, 0.15) is 15.2 Å². The van der Waals surface area contributed by atoms with E-state index in [9.17, 15) is 4.39 Å². The van der Waals surface area contributed by atoms with E-state index >= 15 is 0 Å². The highest BCUT2D eigenvalue weighted by atomic mass is 35.5. The van der Waals surface area contributed by atoms with E-state index in [0.29, 0.717) is 16.6 Å². The summed E-state index contributed by atoms with van der Waals surface area (Å²) < 4.78 is 13.8. The van der Waals surface area contributed by atoms with Gasteiger partial charge in [0.25, 0.3) is 0 Å². The Bertz CT molecular complexity index is 458. The number of rotatable bonds is 3. The lowest BCUT2D eigenvalue weighted by Crippen LogP contribution is -2.00. The molecule has 0 aliphatic rings. The molecular formula is C10H8ClFN2S. The Morgan fingerprint density at radius 1 is 1.40 bits per heavy atom. The fourth-order valence-electron chi connectivity index (χ4n) is 1.15. The molecule has 5 heteroatoms. The number of halogens is 2. The summed E-state index contributed by atoms with van der Waals surface area (Å²) in [7, 11) is 0. The maximum atomic E-state index is 13.2. The van der Waals surface area contributed by atoms with Gasteiger partial charge in [0.15, 0.2) is 0 Å². The Labute approximate surface area is 95.7 Å². The summed E-state index contributed by atoms with van der Waals surface area (Å²) in [6, 6.07) is 6.53. The fourth-order valence-corrected chi connectivity index (χ4v) is 2.04. The first-order chi connectivity index (χ1) is 7.25. The smallest absolute Gasteiger partial charge is 0.146 e. The molecule has 2 aromatic rings. The molecule has 2 nitrogen and oxygen atoms in total. The van der Waals surface area contributed by atoms with Crippen LogP contribution in [0, 0.1) is 5.82 Å². The van der Waals surface area contributed by atoms with Gasteiger partial charge in [-0.3, -0.25) is 0 Å². The minimum Gasteiger partial charge on any atom is -0.376 e. The molecule has 1 aromatic heterocycles. The first-order valence-electron chi connectivity index (χ1n) is 4.34. The lowest BCUT2D eigenvalue weighted by molar-refractivity contribution is 0.630. The van der Waals surface area contributed by atoms with Crippen molar-refractivity contribution in [3.05, 3.63) is 45.6 Å². The molecule has 0 aliphatic heterocycles. The summed E-state index contributed by atoms with van der Waals surface area (Å²) in [5.74, 6) is -0.264. The summed E-state index contributed by atoms with van der Waals surface area (Å²) in [5.41, 5.74) is 0.476. The van der Waals surface area contributed by atoms with Gasteiger partial charge in [-0.25, -0.2) is 9.37 Å². The van der Waals surface area contributed by atoms with Gasteiger partial charge >= 0.3 is 0 Å². The van der Waals surface area contributed by atoms with Crippen molar-refractivity contribution in [1.29, 1.82) is 0 Å². The van der Waals surface area contributed by atoms with Crippen LogP contribution in [0.1, 0.15) is 5.01 Å². The number of nitrogens with zero attached hydrogens (tertiary/aromatic N) is 1. The Kier molecular flexibility index (Phi) is 3.18. The van der Waals surface area contributed by atoms with Crippen LogP contribution < -0.4 is 5.32 Å². The van der Waals surface area contributed by atoms with E-state index in [1.165, 1.54) is 17.4 Å². The quantitative estimate of drug-likeness (QED) is 0.891. The van der Waals surface area contributed by atoms with Gasteiger partial charge in [-0.15, -0.1) is 11.3 Å². The van der Waals surface area contributed by atoms with Gasteiger partial charge in [0.05, 0.1) is 18.4 Å². The maximum absolute atomic E-state index is 13.2. The average Bonchev–Trinajstić information content (AvgIpc) is 2.63. The minimum absolute atomic E-state index is 0.264.